The van der Waals surface area contributed by atoms with Gasteiger partial charge in [0.15, 0.2) is 5.96 Å². The molecule has 0 radical (unpaired) electrons. The molecule has 1 aromatic rings. The van der Waals surface area contributed by atoms with Gasteiger partial charge in [-0.1, -0.05) is 26.3 Å². The number of aliphatic imine (C=N–C) groups is 1. The molecule has 2 rings (SSSR count). The third-order valence-electron chi connectivity index (χ3n) is 3.89. The quantitative estimate of drug-likeness (QED) is 0.642. The topological polar surface area (TPSA) is 36.4 Å². The normalized spacial score (nSPS) is 17.1. The monoisotopic (exact) mass is 279 g/mol. The number of hydrogen-bond acceptors (Lipinski definition) is 2. The first-order valence-corrected chi connectivity index (χ1v) is 7.98. The van der Waals surface area contributed by atoms with Gasteiger partial charge in [0.2, 0.25) is 0 Å². The van der Waals surface area contributed by atoms with Gasteiger partial charge in [-0.25, -0.2) is 0 Å². The Balaban J connectivity index is 1.78. The highest BCUT2D eigenvalue weighted by molar-refractivity contribution is 7.10. The van der Waals surface area contributed by atoms with Crippen LogP contribution >= 0.6 is 11.3 Å². The molecular formula is C15H25N3S. The summed E-state index contributed by atoms with van der Waals surface area (Å²) in [6.07, 6.45) is 4.12. The van der Waals surface area contributed by atoms with E-state index >= 15 is 0 Å². The zero-order chi connectivity index (χ0) is 13.7. The summed E-state index contributed by atoms with van der Waals surface area (Å²) in [5.41, 5.74) is 0.141. The van der Waals surface area contributed by atoms with Crippen molar-refractivity contribution < 1.29 is 0 Å². The van der Waals surface area contributed by atoms with Crippen molar-refractivity contribution >= 4 is 17.3 Å². The maximum Gasteiger partial charge on any atom is 0.191 e. The summed E-state index contributed by atoms with van der Waals surface area (Å²) in [6, 6.07) is 4.32. The first-order valence-electron chi connectivity index (χ1n) is 7.10. The standard InChI is InChI=1S/C15H25N3S/c1-15(2,13-8-5-9-19-13)11-18-14(16-3)17-10-12-6-4-7-12/h5,8-9,12H,4,6-7,10-11H2,1-3H3,(H2,16,17,18). The van der Waals surface area contributed by atoms with Crippen molar-refractivity contribution in [2.75, 3.05) is 20.1 Å². The van der Waals surface area contributed by atoms with Crippen LogP contribution in [0.3, 0.4) is 0 Å². The molecule has 1 saturated carbocycles. The second-order valence-electron chi connectivity index (χ2n) is 5.96. The lowest BCUT2D eigenvalue weighted by atomic mass is 9.85. The third-order valence-corrected chi connectivity index (χ3v) is 5.13. The summed E-state index contributed by atoms with van der Waals surface area (Å²) in [5.74, 6) is 1.78. The fourth-order valence-electron chi connectivity index (χ4n) is 2.21. The molecule has 0 bridgehead atoms. The Bertz CT molecular complexity index is 405. The van der Waals surface area contributed by atoms with Crippen LogP contribution in [0.4, 0.5) is 0 Å². The van der Waals surface area contributed by atoms with Gasteiger partial charge < -0.3 is 10.6 Å². The molecule has 2 N–H and O–H groups in total. The van der Waals surface area contributed by atoms with Crippen LogP contribution in [0.1, 0.15) is 38.0 Å². The zero-order valence-electron chi connectivity index (χ0n) is 12.2. The number of thiophene rings is 1. The summed E-state index contributed by atoms with van der Waals surface area (Å²) in [4.78, 5) is 5.71. The van der Waals surface area contributed by atoms with E-state index in [1.54, 1.807) is 0 Å². The van der Waals surface area contributed by atoms with Crippen molar-refractivity contribution in [3.05, 3.63) is 22.4 Å². The molecule has 1 aliphatic rings. The molecule has 0 aromatic carbocycles. The molecule has 0 unspecified atom stereocenters. The molecule has 106 valence electrons. The minimum absolute atomic E-state index is 0.141. The number of guanidine groups is 1. The summed E-state index contributed by atoms with van der Waals surface area (Å²) >= 11 is 1.82. The number of nitrogens with zero attached hydrogens (tertiary/aromatic N) is 1. The maximum atomic E-state index is 4.30. The van der Waals surface area contributed by atoms with Gasteiger partial charge in [-0.15, -0.1) is 11.3 Å². The minimum Gasteiger partial charge on any atom is -0.356 e. The predicted octanol–water partition coefficient (Wildman–Crippen LogP) is 2.99. The average molecular weight is 279 g/mol. The lowest BCUT2D eigenvalue weighted by Gasteiger charge is -2.28. The largest absolute Gasteiger partial charge is 0.356 e. The van der Waals surface area contributed by atoms with E-state index in [1.165, 1.54) is 24.1 Å². The SMILES string of the molecule is CN=C(NCC1CCC1)NCC(C)(C)c1cccs1. The molecule has 1 heterocycles. The molecule has 3 nitrogen and oxygen atoms in total. The molecule has 1 aromatic heterocycles. The van der Waals surface area contributed by atoms with E-state index in [0.717, 1.165) is 25.0 Å². The van der Waals surface area contributed by atoms with Crippen molar-refractivity contribution in [1.82, 2.24) is 10.6 Å². The molecule has 0 amide bonds. The predicted molar refractivity (Wildman–Crippen MR) is 84.1 cm³/mol. The van der Waals surface area contributed by atoms with E-state index < -0.39 is 0 Å². The highest BCUT2D eigenvalue weighted by atomic mass is 32.1. The van der Waals surface area contributed by atoms with E-state index in [9.17, 15) is 0 Å². The van der Waals surface area contributed by atoms with Gasteiger partial charge >= 0.3 is 0 Å². The van der Waals surface area contributed by atoms with Gasteiger partial charge in [-0.05, 0) is 30.2 Å². The van der Waals surface area contributed by atoms with Crippen LogP contribution in [-0.4, -0.2) is 26.1 Å². The molecule has 1 fully saturated rings. The van der Waals surface area contributed by atoms with Crippen molar-refractivity contribution in [1.29, 1.82) is 0 Å². The van der Waals surface area contributed by atoms with Crippen LogP contribution in [0.5, 0.6) is 0 Å². The Morgan fingerprint density at radius 2 is 2.21 bits per heavy atom. The van der Waals surface area contributed by atoms with Crippen LogP contribution in [0.25, 0.3) is 0 Å². The fraction of sp³-hybridized carbons (Fsp3) is 0.667. The summed E-state index contributed by atoms with van der Waals surface area (Å²) in [5, 5.41) is 9.02. The van der Waals surface area contributed by atoms with Crippen molar-refractivity contribution in [2.24, 2.45) is 10.9 Å². The highest BCUT2D eigenvalue weighted by Gasteiger charge is 2.22. The Morgan fingerprint density at radius 3 is 2.74 bits per heavy atom. The first-order chi connectivity index (χ1) is 9.12. The van der Waals surface area contributed by atoms with Gasteiger partial charge in [0.1, 0.15) is 0 Å². The van der Waals surface area contributed by atoms with E-state index in [0.29, 0.717) is 0 Å². The molecule has 1 aliphatic carbocycles. The van der Waals surface area contributed by atoms with E-state index in [1.807, 2.05) is 18.4 Å². The van der Waals surface area contributed by atoms with Gasteiger partial charge in [-0.2, -0.15) is 0 Å². The Labute approximate surface area is 120 Å². The molecule has 19 heavy (non-hydrogen) atoms. The number of hydrogen-bond donors (Lipinski definition) is 2. The van der Waals surface area contributed by atoms with Crippen molar-refractivity contribution in [3.8, 4) is 0 Å². The first kappa shape index (κ1) is 14.4. The second-order valence-corrected chi connectivity index (χ2v) is 6.91. The molecule has 0 saturated heterocycles. The Kier molecular flexibility index (Phi) is 4.86. The lowest BCUT2D eigenvalue weighted by Crippen LogP contribution is -2.45. The molecule has 4 heteroatoms. The molecule has 0 spiro atoms. The van der Waals surface area contributed by atoms with Crippen LogP contribution < -0.4 is 10.6 Å². The Morgan fingerprint density at radius 1 is 1.42 bits per heavy atom. The average Bonchev–Trinajstić information content (AvgIpc) is 2.85. The van der Waals surface area contributed by atoms with Gasteiger partial charge in [0.25, 0.3) is 0 Å². The van der Waals surface area contributed by atoms with E-state index in [4.69, 9.17) is 0 Å². The van der Waals surface area contributed by atoms with Crippen LogP contribution in [-0.2, 0) is 5.41 Å². The van der Waals surface area contributed by atoms with Crippen LogP contribution in [0.2, 0.25) is 0 Å². The smallest absolute Gasteiger partial charge is 0.191 e. The van der Waals surface area contributed by atoms with E-state index in [-0.39, 0.29) is 5.41 Å². The van der Waals surface area contributed by atoms with Gasteiger partial charge in [0, 0.05) is 30.4 Å². The molecular weight excluding hydrogens is 254 g/mol. The number of rotatable bonds is 5. The van der Waals surface area contributed by atoms with Gasteiger partial charge in [0.05, 0.1) is 0 Å². The van der Waals surface area contributed by atoms with Crippen molar-refractivity contribution in [2.45, 2.75) is 38.5 Å². The highest BCUT2D eigenvalue weighted by Crippen LogP contribution is 2.27. The lowest BCUT2D eigenvalue weighted by molar-refractivity contribution is 0.314. The fourth-order valence-corrected chi connectivity index (χ4v) is 3.07. The van der Waals surface area contributed by atoms with Gasteiger partial charge in [-0.3, -0.25) is 4.99 Å². The maximum absolute atomic E-state index is 4.30. The molecule has 0 aliphatic heterocycles. The molecule has 0 atom stereocenters. The minimum atomic E-state index is 0.141. The van der Waals surface area contributed by atoms with Crippen molar-refractivity contribution in [3.63, 3.8) is 0 Å². The van der Waals surface area contributed by atoms with E-state index in [2.05, 4.69) is 47.0 Å². The summed E-state index contributed by atoms with van der Waals surface area (Å²) < 4.78 is 0. The Hall–Kier alpha value is -1.03. The zero-order valence-corrected chi connectivity index (χ0v) is 13.0. The summed E-state index contributed by atoms with van der Waals surface area (Å²) in [7, 11) is 1.84. The number of nitrogens with one attached hydrogen (secondary N) is 2. The van der Waals surface area contributed by atoms with Crippen LogP contribution in [0, 0.1) is 5.92 Å². The third kappa shape index (κ3) is 3.96. The van der Waals surface area contributed by atoms with Crippen LogP contribution in [0.15, 0.2) is 22.5 Å². The summed E-state index contributed by atoms with van der Waals surface area (Å²) in [6.45, 7) is 6.49. The second kappa shape index (κ2) is 6.42.